The van der Waals surface area contributed by atoms with Crippen molar-refractivity contribution in [3.63, 3.8) is 0 Å². The number of likely N-dealkylation sites (N-methyl/N-ethyl adjacent to an activating group) is 1. The lowest BCUT2D eigenvalue weighted by Crippen LogP contribution is -2.41. The minimum Gasteiger partial charge on any atom is -0.379 e. The van der Waals surface area contributed by atoms with Gasteiger partial charge in [0.15, 0.2) is 5.96 Å². The van der Waals surface area contributed by atoms with Crippen molar-refractivity contribution in [2.45, 2.75) is 19.9 Å². The van der Waals surface area contributed by atoms with Gasteiger partial charge < -0.3 is 20.3 Å². The largest absolute Gasteiger partial charge is 0.379 e. The summed E-state index contributed by atoms with van der Waals surface area (Å²) in [5.74, 6) is 0.680. The Morgan fingerprint density at radius 1 is 1.31 bits per heavy atom. The van der Waals surface area contributed by atoms with E-state index >= 15 is 0 Å². The lowest BCUT2D eigenvalue weighted by atomic mass is 10.3. The van der Waals surface area contributed by atoms with Gasteiger partial charge in [0.1, 0.15) is 6.54 Å². The molecule has 1 aromatic heterocycles. The van der Waals surface area contributed by atoms with E-state index in [0.29, 0.717) is 12.5 Å². The van der Waals surface area contributed by atoms with Crippen molar-refractivity contribution in [1.29, 1.82) is 0 Å². The Bertz CT molecular complexity index is 582. The number of rotatable bonds is 8. The maximum atomic E-state index is 11.8. The average Bonchev–Trinajstić information content (AvgIpc) is 3.06. The van der Waals surface area contributed by atoms with E-state index in [1.165, 1.54) is 9.75 Å². The molecular formula is C18H31N5O2S. The Hall–Kier alpha value is -1.64. The predicted octanol–water partition coefficient (Wildman–Crippen LogP) is 0.902. The molecule has 2 N–H and O–H groups in total. The lowest BCUT2D eigenvalue weighted by molar-refractivity contribution is -0.127. The molecule has 0 radical (unpaired) electrons. The Morgan fingerprint density at radius 3 is 2.73 bits per heavy atom. The predicted molar refractivity (Wildman–Crippen MR) is 107 cm³/mol. The fraction of sp³-hybridized carbons (Fsp3) is 0.667. The molecule has 1 aromatic rings. The molecule has 0 aliphatic carbocycles. The molecule has 7 nitrogen and oxygen atoms in total. The summed E-state index contributed by atoms with van der Waals surface area (Å²) in [6.07, 6.45) is 1.03. The molecule has 1 amide bonds. The number of carbonyl (C=O) groups is 1. The van der Waals surface area contributed by atoms with Crippen molar-refractivity contribution < 1.29 is 9.53 Å². The topological polar surface area (TPSA) is 69.2 Å². The SMILES string of the molecule is Cc1ccc(CNC(=NCC(=O)N(C)C)NCCCN2CCOCC2)s1. The number of carbonyl (C=O) groups excluding carboxylic acids is 1. The molecule has 146 valence electrons. The van der Waals surface area contributed by atoms with Crippen molar-refractivity contribution in [2.75, 3.05) is 60.0 Å². The smallest absolute Gasteiger partial charge is 0.243 e. The molecule has 2 rings (SSSR count). The summed E-state index contributed by atoms with van der Waals surface area (Å²) in [5.41, 5.74) is 0. The molecule has 2 heterocycles. The maximum absolute atomic E-state index is 11.8. The van der Waals surface area contributed by atoms with Gasteiger partial charge in [-0.05, 0) is 32.0 Å². The summed E-state index contributed by atoms with van der Waals surface area (Å²) < 4.78 is 5.37. The number of nitrogens with one attached hydrogen (secondary N) is 2. The maximum Gasteiger partial charge on any atom is 0.243 e. The zero-order valence-electron chi connectivity index (χ0n) is 16.1. The molecular weight excluding hydrogens is 350 g/mol. The molecule has 1 aliphatic heterocycles. The van der Waals surface area contributed by atoms with E-state index in [2.05, 4.69) is 39.6 Å². The van der Waals surface area contributed by atoms with Crippen LogP contribution in [0.25, 0.3) is 0 Å². The molecule has 0 atom stereocenters. The fourth-order valence-electron chi connectivity index (χ4n) is 2.55. The van der Waals surface area contributed by atoms with E-state index < -0.39 is 0 Å². The highest BCUT2D eigenvalue weighted by atomic mass is 32.1. The number of morpholine rings is 1. The van der Waals surface area contributed by atoms with Crippen molar-refractivity contribution >= 4 is 23.2 Å². The van der Waals surface area contributed by atoms with Crippen LogP contribution in [0.5, 0.6) is 0 Å². The van der Waals surface area contributed by atoms with E-state index in [-0.39, 0.29) is 12.5 Å². The summed E-state index contributed by atoms with van der Waals surface area (Å²) in [6, 6.07) is 4.23. The first-order valence-electron chi connectivity index (χ1n) is 9.12. The van der Waals surface area contributed by atoms with E-state index in [1.54, 1.807) is 30.3 Å². The average molecular weight is 382 g/mol. The first kappa shape index (κ1) is 20.7. The van der Waals surface area contributed by atoms with Gasteiger partial charge in [-0.1, -0.05) is 0 Å². The van der Waals surface area contributed by atoms with Gasteiger partial charge in [0.05, 0.1) is 19.8 Å². The molecule has 0 saturated carbocycles. The molecule has 1 fully saturated rings. The highest BCUT2D eigenvalue weighted by molar-refractivity contribution is 7.11. The number of hydrogen-bond acceptors (Lipinski definition) is 5. The van der Waals surface area contributed by atoms with Crippen LogP contribution >= 0.6 is 11.3 Å². The molecule has 8 heteroatoms. The zero-order valence-corrected chi connectivity index (χ0v) is 16.9. The third-order valence-corrected chi connectivity index (χ3v) is 5.15. The molecule has 1 aliphatic rings. The fourth-order valence-corrected chi connectivity index (χ4v) is 3.38. The van der Waals surface area contributed by atoms with Crippen LogP contribution in [0.1, 0.15) is 16.2 Å². The zero-order chi connectivity index (χ0) is 18.8. The second-order valence-electron chi connectivity index (χ2n) is 6.55. The minimum absolute atomic E-state index is 0.00798. The first-order valence-corrected chi connectivity index (χ1v) is 9.94. The van der Waals surface area contributed by atoms with Crippen molar-refractivity contribution in [2.24, 2.45) is 4.99 Å². The molecule has 26 heavy (non-hydrogen) atoms. The van der Waals surface area contributed by atoms with Crippen LogP contribution in [0.3, 0.4) is 0 Å². The van der Waals surface area contributed by atoms with E-state index in [4.69, 9.17) is 4.74 Å². The second kappa shape index (κ2) is 11.2. The van der Waals surface area contributed by atoms with Crippen LogP contribution < -0.4 is 10.6 Å². The van der Waals surface area contributed by atoms with Crippen LogP contribution in [0.15, 0.2) is 17.1 Å². The Kier molecular flexibility index (Phi) is 8.87. The minimum atomic E-state index is -0.00798. The molecule has 0 bridgehead atoms. The number of aryl methyl sites for hydroxylation is 1. The van der Waals surface area contributed by atoms with Crippen LogP contribution in [-0.4, -0.2) is 81.7 Å². The standard InChI is InChI=1S/C18H31N5O2S/c1-15-5-6-16(26-15)13-20-18(21-14-17(24)22(2)3)19-7-4-8-23-9-11-25-12-10-23/h5-6H,4,7-14H2,1-3H3,(H2,19,20,21). The van der Waals surface area contributed by atoms with Crippen LogP contribution in [-0.2, 0) is 16.1 Å². The van der Waals surface area contributed by atoms with Crippen LogP contribution in [0.4, 0.5) is 0 Å². The summed E-state index contributed by atoms with van der Waals surface area (Å²) in [7, 11) is 3.49. The number of guanidine groups is 1. The Labute approximate surface area is 160 Å². The van der Waals surface area contributed by atoms with Crippen LogP contribution in [0.2, 0.25) is 0 Å². The number of ether oxygens (including phenoxy) is 1. The highest BCUT2D eigenvalue weighted by Gasteiger charge is 2.10. The van der Waals surface area contributed by atoms with Gasteiger partial charge in [-0.2, -0.15) is 0 Å². The van der Waals surface area contributed by atoms with Crippen molar-refractivity contribution in [3.8, 4) is 0 Å². The molecule has 1 saturated heterocycles. The number of amides is 1. The number of nitrogens with zero attached hydrogens (tertiary/aromatic N) is 3. The van der Waals surface area contributed by atoms with E-state index in [0.717, 1.165) is 45.8 Å². The van der Waals surface area contributed by atoms with E-state index in [9.17, 15) is 4.79 Å². The lowest BCUT2D eigenvalue weighted by Gasteiger charge is -2.26. The van der Waals surface area contributed by atoms with Gasteiger partial charge in [0.2, 0.25) is 5.91 Å². The van der Waals surface area contributed by atoms with Gasteiger partial charge in [0.25, 0.3) is 0 Å². The van der Waals surface area contributed by atoms with Gasteiger partial charge in [0, 0.05) is 43.5 Å². The summed E-state index contributed by atoms with van der Waals surface area (Å²) >= 11 is 1.77. The van der Waals surface area contributed by atoms with Crippen molar-refractivity contribution in [3.05, 3.63) is 21.9 Å². The number of aliphatic imine (C=N–C) groups is 1. The van der Waals surface area contributed by atoms with Crippen LogP contribution in [0, 0.1) is 6.92 Å². The second-order valence-corrected chi connectivity index (χ2v) is 7.93. The van der Waals surface area contributed by atoms with E-state index in [1.807, 2.05) is 0 Å². The van der Waals surface area contributed by atoms with Crippen molar-refractivity contribution in [1.82, 2.24) is 20.4 Å². The molecule has 0 spiro atoms. The number of thiophene rings is 1. The monoisotopic (exact) mass is 381 g/mol. The third kappa shape index (κ3) is 7.72. The van der Waals surface area contributed by atoms with Gasteiger partial charge in [-0.15, -0.1) is 11.3 Å². The Balaban J connectivity index is 1.78. The quantitative estimate of drug-likeness (QED) is 0.398. The number of hydrogen-bond donors (Lipinski definition) is 2. The normalized spacial score (nSPS) is 15.7. The summed E-state index contributed by atoms with van der Waals surface area (Å²) in [4.78, 5) is 22.8. The summed E-state index contributed by atoms with van der Waals surface area (Å²) in [6.45, 7) is 8.50. The van der Waals surface area contributed by atoms with Gasteiger partial charge in [-0.3, -0.25) is 9.69 Å². The van der Waals surface area contributed by atoms with Gasteiger partial charge in [-0.25, -0.2) is 4.99 Å². The highest BCUT2D eigenvalue weighted by Crippen LogP contribution is 2.14. The molecule has 0 aromatic carbocycles. The first-order chi connectivity index (χ1) is 12.5. The third-order valence-electron chi connectivity index (χ3n) is 4.14. The van der Waals surface area contributed by atoms with Gasteiger partial charge >= 0.3 is 0 Å². The molecule has 0 unspecified atom stereocenters. The summed E-state index contributed by atoms with van der Waals surface area (Å²) in [5, 5.41) is 6.67. The Morgan fingerprint density at radius 2 is 2.08 bits per heavy atom.